The van der Waals surface area contributed by atoms with Gasteiger partial charge in [-0.2, -0.15) is 4.39 Å². The summed E-state index contributed by atoms with van der Waals surface area (Å²) < 4.78 is 37.8. The third-order valence-corrected chi connectivity index (χ3v) is 3.52. The van der Waals surface area contributed by atoms with E-state index in [1.54, 1.807) is 0 Å². The van der Waals surface area contributed by atoms with Crippen LogP contribution in [0.25, 0.3) is 0 Å². The van der Waals surface area contributed by atoms with Crippen LogP contribution in [-0.2, 0) is 0 Å². The second kappa shape index (κ2) is 6.19. The Bertz CT molecular complexity index is 434. The van der Waals surface area contributed by atoms with Gasteiger partial charge in [0, 0.05) is 12.5 Å². The van der Waals surface area contributed by atoms with Crippen LogP contribution in [0.1, 0.15) is 19.8 Å². The number of rotatable bonds is 5. The van der Waals surface area contributed by atoms with E-state index in [0.717, 1.165) is 32.0 Å². The Morgan fingerprint density at radius 3 is 2.79 bits per heavy atom. The minimum absolute atomic E-state index is 0.0528. The maximum atomic E-state index is 14.0. The lowest BCUT2D eigenvalue weighted by atomic mass is 9.99. The first kappa shape index (κ1) is 14.1. The Balaban J connectivity index is 2.17. The van der Waals surface area contributed by atoms with Crippen LogP contribution in [0.4, 0.5) is 8.78 Å². The normalized spacial score (nSPS) is 20.3. The van der Waals surface area contributed by atoms with Gasteiger partial charge in [0.25, 0.3) is 0 Å². The molecule has 1 N–H and O–H groups in total. The molecule has 0 saturated carbocycles. The summed E-state index contributed by atoms with van der Waals surface area (Å²) in [6, 6.07) is 2.48. The third-order valence-electron chi connectivity index (χ3n) is 3.52. The second-order valence-corrected chi connectivity index (χ2v) is 4.71. The van der Waals surface area contributed by atoms with Gasteiger partial charge in [-0.15, -0.1) is 0 Å². The van der Waals surface area contributed by atoms with E-state index in [0.29, 0.717) is 5.92 Å². The number of benzene rings is 1. The zero-order chi connectivity index (χ0) is 13.8. The molecular weight excluding hydrogens is 252 g/mol. The highest BCUT2D eigenvalue weighted by atomic mass is 19.1. The fourth-order valence-corrected chi connectivity index (χ4v) is 2.46. The van der Waals surface area contributed by atoms with Gasteiger partial charge in [0.1, 0.15) is 6.10 Å². The van der Waals surface area contributed by atoms with Crippen LogP contribution in [-0.4, -0.2) is 26.3 Å². The first-order valence-electron chi connectivity index (χ1n) is 6.56. The summed E-state index contributed by atoms with van der Waals surface area (Å²) in [6.07, 6.45) is 1.73. The quantitative estimate of drug-likeness (QED) is 0.893. The molecule has 2 rings (SSSR count). The Morgan fingerprint density at radius 2 is 2.21 bits per heavy atom. The van der Waals surface area contributed by atoms with Crippen molar-refractivity contribution in [3.05, 3.63) is 23.8 Å². The van der Waals surface area contributed by atoms with Gasteiger partial charge in [-0.1, -0.05) is 6.92 Å². The molecule has 1 aromatic carbocycles. The molecule has 0 aliphatic carbocycles. The molecule has 5 heteroatoms. The maximum Gasteiger partial charge on any atom is 0.209 e. The predicted octanol–water partition coefficient (Wildman–Crippen LogP) is 2.74. The first-order chi connectivity index (χ1) is 9.17. The van der Waals surface area contributed by atoms with E-state index in [1.165, 1.54) is 13.2 Å². The molecule has 0 amide bonds. The number of ether oxygens (including phenoxy) is 2. The Hall–Kier alpha value is -1.36. The molecule has 1 aromatic rings. The van der Waals surface area contributed by atoms with Crippen molar-refractivity contribution in [3.63, 3.8) is 0 Å². The van der Waals surface area contributed by atoms with E-state index in [1.807, 2.05) is 6.92 Å². The van der Waals surface area contributed by atoms with E-state index in [2.05, 4.69) is 5.32 Å². The zero-order valence-corrected chi connectivity index (χ0v) is 11.2. The predicted molar refractivity (Wildman–Crippen MR) is 68.6 cm³/mol. The summed E-state index contributed by atoms with van der Waals surface area (Å²) in [6.45, 7) is 3.83. The number of halogens is 2. The van der Waals surface area contributed by atoms with E-state index >= 15 is 0 Å². The molecule has 0 bridgehead atoms. The summed E-state index contributed by atoms with van der Waals surface area (Å²) in [7, 11) is 1.24. The number of hydrogen-bond acceptors (Lipinski definition) is 3. The topological polar surface area (TPSA) is 30.5 Å². The largest absolute Gasteiger partial charge is 0.491 e. The van der Waals surface area contributed by atoms with Crippen LogP contribution in [0, 0.1) is 17.6 Å². The fourth-order valence-electron chi connectivity index (χ4n) is 2.46. The molecular formula is C14H19F2NO2. The summed E-state index contributed by atoms with van der Waals surface area (Å²) in [5.74, 6) is -1.47. The average molecular weight is 271 g/mol. The SMILES string of the molecule is CC[C@H](Oc1ccc(F)c(OC)c1F)[C@H]1CCNC1. The van der Waals surface area contributed by atoms with Crippen molar-refractivity contribution in [1.29, 1.82) is 0 Å². The molecule has 1 fully saturated rings. The molecule has 0 unspecified atom stereocenters. The number of methoxy groups -OCH3 is 1. The van der Waals surface area contributed by atoms with Gasteiger partial charge in [-0.05, 0) is 31.5 Å². The fraction of sp³-hybridized carbons (Fsp3) is 0.571. The van der Waals surface area contributed by atoms with Gasteiger partial charge < -0.3 is 14.8 Å². The summed E-state index contributed by atoms with van der Waals surface area (Å²) >= 11 is 0. The standard InChI is InChI=1S/C14H19F2NO2/c1-3-11(9-6-7-17-8-9)19-12-5-4-10(15)14(18-2)13(12)16/h4-5,9,11,17H,3,6-8H2,1-2H3/t9-,11-/m0/s1. The molecule has 0 spiro atoms. The molecule has 1 aliphatic rings. The highest BCUT2D eigenvalue weighted by molar-refractivity contribution is 5.37. The Morgan fingerprint density at radius 1 is 1.42 bits per heavy atom. The van der Waals surface area contributed by atoms with Crippen molar-refractivity contribution in [3.8, 4) is 11.5 Å². The van der Waals surface area contributed by atoms with E-state index in [4.69, 9.17) is 9.47 Å². The van der Waals surface area contributed by atoms with Crippen molar-refractivity contribution in [2.75, 3.05) is 20.2 Å². The molecule has 1 saturated heterocycles. The molecule has 1 aliphatic heterocycles. The minimum Gasteiger partial charge on any atom is -0.491 e. The lowest BCUT2D eigenvalue weighted by Crippen LogP contribution is -2.28. The van der Waals surface area contributed by atoms with Gasteiger partial charge in [0.2, 0.25) is 5.82 Å². The van der Waals surface area contributed by atoms with Crippen LogP contribution in [0.3, 0.4) is 0 Å². The summed E-state index contributed by atoms with van der Waals surface area (Å²) in [4.78, 5) is 0. The van der Waals surface area contributed by atoms with E-state index in [9.17, 15) is 8.78 Å². The van der Waals surface area contributed by atoms with E-state index < -0.39 is 17.4 Å². The molecule has 106 valence electrons. The van der Waals surface area contributed by atoms with Crippen LogP contribution in [0.5, 0.6) is 11.5 Å². The highest BCUT2D eigenvalue weighted by Crippen LogP contribution is 2.31. The molecule has 0 aromatic heterocycles. The van der Waals surface area contributed by atoms with Crippen LogP contribution < -0.4 is 14.8 Å². The van der Waals surface area contributed by atoms with Crippen LogP contribution in [0.2, 0.25) is 0 Å². The van der Waals surface area contributed by atoms with Gasteiger partial charge in [0.15, 0.2) is 17.3 Å². The van der Waals surface area contributed by atoms with E-state index in [-0.39, 0.29) is 11.9 Å². The molecule has 3 nitrogen and oxygen atoms in total. The number of nitrogens with one attached hydrogen (secondary N) is 1. The smallest absolute Gasteiger partial charge is 0.209 e. The van der Waals surface area contributed by atoms with Gasteiger partial charge in [-0.25, -0.2) is 4.39 Å². The van der Waals surface area contributed by atoms with Crippen molar-refractivity contribution in [1.82, 2.24) is 5.32 Å². The second-order valence-electron chi connectivity index (χ2n) is 4.71. The van der Waals surface area contributed by atoms with Crippen LogP contribution in [0.15, 0.2) is 12.1 Å². The average Bonchev–Trinajstić information content (AvgIpc) is 2.92. The molecule has 2 atom stereocenters. The van der Waals surface area contributed by atoms with Gasteiger partial charge in [-0.3, -0.25) is 0 Å². The Labute approximate surface area is 111 Å². The Kier molecular flexibility index (Phi) is 4.58. The van der Waals surface area contributed by atoms with Crippen LogP contribution >= 0.6 is 0 Å². The summed E-state index contributed by atoms with van der Waals surface area (Å²) in [5.41, 5.74) is 0. The van der Waals surface area contributed by atoms with Crippen molar-refractivity contribution in [2.45, 2.75) is 25.9 Å². The highest BCUT2D eigenvalue weighted by Gasteiger charge is 2.26. The van der Waals surface area contributed by atoms with Crippen molar-refractivity contribution < 1.29 is 18.3 Å². The minimum atomic E-state index is -0.771. The molecule has 1 heterocycles. The van der Waals surface area contributed by atoms with Gasteiger partial charge >= 0.3 is 0 Å². The lowest BCUT2D eigenvalue weighted by molar-refractivity contribution is 0.131. The third kappa shape index (κ3) is 2.97. The van der Waals surface area contributed by atoms with Gasteiger partial charge in [0.05, 0.1) is 7.11 Å². The van der Waals surface area contributed by atoms with Crippen molar-refractivity contribution >= 4 is 0 Å². The lowest BCUT2D eigenvalue weighted by Gasteiger charge is -2.23. The zero-order valence-electron chi connectivity index (χ0n) is 11.2. The number of hydrogen-bond donors (Lipinski definition) is 1. The monoisotopic (exact) mass is 271 g/mol. The maximum absolute atomic E-state index is 14.0. The molecule has 0 radical (unpaired) electrons. The molecule has 19 heavy (non-hydrogen) atoms. The summed E-state index contributed by atoms with van der Waals surface area (Å²) in [5, 5.41) is 3.26. The van der Waals surface area contributed by atoms with Crippen molar-refractivity contribution in [2.24, 2.45) is 5.92 Å². The first-order valence-corrected chi connectivity index (χ1v) is 6.56.